The van der Waals surface area contributed by atoms with Crippen LogP contribution in [-0.2, 0) is 9.59 Å². The number of para-hydroxylation sites is 1. The number of anilines is 1. The normalized spacial score (nSPS) is 17.2. The van der Waals surface area contributed by atoms with E-state index in [1.165, 1.54) is 5.01 Å². The maximum atomic E-state index is 12.7. The first-order chi connectivity index (χ1) is 13.1. The third kappa shape index (κ3) is 4.21. The lowest BCUT2D eigenvalue weighted by Gasteiger charge is -2.26. The number of nitroso groups, excluding NO2 is 1. The van der Waals surface area contributed by atoms with Gasteiger partial charge in [-0.1, -0.05) is 24.3 Å². The minimum atomic E-state index is -0.800. The van der Waals surface area contributed by atoms with Crippen LogP contribution in [0.15, 0.2) is 77.4 Å². The number of carbonyl (C=O) groups excluding carboxylic acids is 2. The highest BCUT2D eigenvalue weighted by Crippen LogP contribution is 2.30. The Morgan fingerprint density at radius 1 is 1.19 bits per heavy atom. The van der Waals surface area contributed by atoms with Crippen molar-refractivity contribution in [2.24, 2.45) is 16.9 Å². The summed E-state index contributed by atoms with van der Waals surface area (Å²) in [6.07, 6.45) is 6.94. The number of ketones is 1. The molecule has 2 N–H and O–H groups in total. The van der Waals surface area contributed by atoms with Crippen molar-refractivity contribution in [3.63, 3.8) is 0 Å². The van der Waals surface area contributed by atoms with E-state index in [-0.39, 0.29) is 18.6 Å². The smallest absolute Gasteiger partial charge is 0.290 e. The number of benzene rings is 1. The average Bonchev–Trinajstić information content (AvgIpc) is 2.72. The maximum absolute atomic E-state index is 12.7. The Hall–Kier alpha value is -3.45. The van der Waals surface area contributed by atoms with Gasteiger partial charge in [0.1, 0.15) is 0 Å². The first kappa shape index (κ1) is 18.3. The van der Waals surface area contributed by atoms with Crippen LogP contribution in [0.1, 0.15) is 18.4 Å². The number of carbonyl (C=O) groups is 2. The number of allylic oxidation sites excluding steroid dienone is 2. The van der Waals surface area contributed by atoms with Gasteiger partial charge in [-0.05, 0) is 42.3 Å². The van der Waals surface area contributed by atoms with Crippen LogP contribution >= 0.6 is 0 Å². The van der Waals surface area contributed by atoms with Crippen LogP contribution in [0.2, 0.25) is 0 Å². The van der Waals surface area contributed by atoms with Crippen LogP contribution in [0.25, 0.3) is 6.08 Å². The van der Waals surface area contributed by atoms with Gasteiger partial charge in [0, 0.05) is 29.6 Å². The van der Waals surface area contributed by atoms with Crippen LogP contribution < -0.4 is 10.9 Å². The van der Waals surface area contributed by atoms with Crippen molar-refractivity contribution in [1.82, 2.24) is 4.98 Å². The van der Waals surface area contributed by atoms with Crippen molar-refractivity contribution < 1.29 is 9.59 Å². The monoisotopic (exact) mass is 362 g/mol. The molecule has 0 spiro atoms. The van der Waals surface area contributed by atoms with Gasteiger partial charge in [-0.3, -0.25) is 19.6 Å². The third-order valence-electron chi connectivity index (χ3n) is 4.36. The number of nitrogens with two attached hydrogens (primary N) is 1. The van der Waals surface area contributed by atoms with Crippen LogP contribution in [0.5, 0.6) is 0 Å². The molecule has 7 nitrogen and oxygen atoms in total. The summed E-state index contributed by atoms with van der Waals surface area (Å²) < 4.78 is 0. The molecule has 0 radical (unpaired) electrons. The predicted molar refractivity (Wildman–Crippen MR) is 102 cm³/mol. The molecular weight excluding hydrogens is 344 g/mol. The molecule has 3 rings (SSSR count). The molecule has 2 aromatic rings. The van der Waals surface area contributed by atoms with Gasteiger partial charge >= 0.3 is 0 Å². The SMILES string of the molecule is NN(/C(=C\c1ccncc1)C1=CCC(C(=O)N=O)CC1=O)c1ccccc1. The minimum Gasteiger partial charge on any atom is -0.294 e. The van der Waals surface area contributed by atoms with Gasteiger partial charge in [-0.2, -0.15) is 0 Å². The summed E-state index contributed by atoms with van der Waals surface area (Å²) in [6, 6.07) is 12.8. The molecule has 1 aliphatic rings. The molecule has 27 heavy (non-hydrogen) atoms. The number of aromatic nitrogens is 1. The Kier molecular flexibility index (Phi) is 5.63. The quantitative estimate of drug-likeness (QED) is 0.498. The van der Waals surface area contributed by atoms with E-state index < -0.39 is 11.8 Å². The van der Waals surface area contributed by atoms with Crippen molar-refractivity contribution in [3.05, 3.63) is 82.7 Å². The van der Waals surface area contributed by atoms with E-state index >= 15 is 0 Å². The Balaban J connectivity index is 2.01. The molecule has 1 atom stereocenters. The van der Waals surface area contributed by atoms with Crippen molar-refractivity contribution >= 4 is 23.5 Å². The second-order valence-electron chi connectivity index (χ2n) is 6.12. The van der Waals surface area contributed by atoms with Crippen LogP contribution in [0.3, 0.4) is 0 Å². The van der Waals surface area contributed by atoms with Gasteiger partial charge in [-0.25, -0.2) is 5.84 Å². The largest absolute Gasteiger partial charge is 0.294 e. The molecule has 0 aliphatic heterocycles. The van der Waals surface area contributed by atoms with Crippen LogP contribution in [0.4, 0.5) is 5.69 Å². The highest BCUT2D eigenvalue weighted by Gasteiger charge is 2.30. The number of hydrogen-bond donors (Lipinski definition) is 1. The van der Waals surface area contributed by atoms with E-state index in [0.717, 1.165) is 5.56 Å². The average molecular weight is 362 g/mol. The second kappa shape index (κ2) is 8.29. The van der Waals surface area contributed by atoms with Gasteiger partial charge in [0.15, 0.2) is 5.78 Å². The van der Waals surface area contributed by atoms with Crippen molar-refractivity contribution in [1.29, 1.82) is 0 Å². The summed E-state index contributed by atoms with van der Waals surface area (Å²) in [4.78, 5) is 38.7. The van der Waals surface area contributed by atoms with E-state index in [0.29, 0.717) is 17.0 Å². The number of rotatable bonds is 5. The molecule has 1 aromatic heterocycles. The number of hydrogen-bond acceptors (Lipinski definition) is 6. The predicted octanol–water partition coefficient (Wildman–Crippen LogP) is 3.00. The summed E-state index contributed by atoms with van der Waals surface area (Å²) in [6.45, 7) is 0. The Morgan fingerprint density at radius 2 is 1.89 bits per heavy atom. The molecule has 1 aliphatic carbocycles. The van der Waals surface area contributed by atoms with Crippen LogP contribution in [-0.4, -0.2) is 16.7 Å². The molecular formula is C20H18N4O3. The van der Waals surface area contributed by atoms with E-state index in [1.807, 2.05) is 30.3 Å². The van der Waals surface area contributed by atoms with Gasteiger partial charge in [-0.15, -0.1) is 4.91 Å². The molecule has 0 saturated carbocycles. The highest BCUT2D eigenvalue weighted by atomic mass is 16.3. The second-order valence-corrected chi connectivity index (χ2v) is 6.12. The van der Waals surface area contributed by atoms with Gasteiger partial charge in [0.05, 0.1) is 17.3 Å². The van der Waals surface area contributed by atoms with Gasteiger partial charge in [0.2, 0.25) is 0 Å². The first-order valence-corrected chi connectivity index (χ1v) is 8.42. The number of amides is 1. The summed E-state index contributed by atoms with van der Waals surface area (Å²) in [7, 11) is 0. The summed E-state index contributed by atoms with van der Waals surface area (Å²) in [5, 5.41) is 3.87. The molecule has 0 fully saturated rings. The zero-order valence-electron chi connectivity index (χ0n) is 14.5. The van der Waals surface area contributed by atoms with Crippen molar-refractivity contribution in [3.8, 4) is 0 Å². The zero-order valence-corrected chi connectivity index (χ0v) is 14.5. The summed E-state index contributed by atoms with van der Waals surface area (Å²) >= 11 is 0. The summed E-state index contributed by atoms with van der Waals surface area (Å²) in [5.41, 5.74) is 2.45. The zero-order chi connectivity index (χ0) is 19.2. The van der Waals surface area contributed by atoms with Crippen molar-refractivity contribution in [2.45, 2.75) is 12.8 Å². The molecule has 1 aromatic carbocycles. The lowest BCUT2D eigenvalue weighted by Crippen LogP contribution is -2.34. The Bertz CT molecular complexity index is 907. The first-order valence-electron chi connectivity index (χ1n) is 8.42. The lowest BCUT2D eigenvalue weighted by molar-refractivity contribution is -0.126. The Morgan fingerprint density at radius 3 is 2.52 bits per heavy atom. The third-order valence-corrected chi connectivity index (χ3v) is 4.36. The molecule has 136 valence electrons. The molecule has 0 saturated heterocycles. The van der Waals surface area contributed by atoms with Crippen molar-refractivity contribution in [2.75, 3.05) is 5.01 Å². The van der Waals surface area contributed by atoms with E-state index in [2.05, 4.69) is 10.2 Å². The number of hydrazine groups is 1. The molecule has 0 bridgehead atoms. The fourth-order valence-electron chi connectivity index (χ4n) is 2.92. The molecule has 1 unspecified atom stereocenters. The molecule has 1 heterocycles. The molecule has 7 heteroatoms. The standard InChI is InChI=1S/C20H18N4O3/c21-24(16-4-2-1-3-5-16)18(12-14-8-10-22-11-9-14)17-7-6-15(13-19(17)25)20(26)23-27/h1-5,7-12,15H,6,13,21H2/b18-12-. The fraction of sp³-hybridized carbons (Fsp3) is 0.150. The number of nitrogens with zero attached hydrogens (tertiary/aromatic N) is 3. The van der Waals surface area contributed by atoms with Crippen LogP contribution in [0, 0.1) is 10.8 Å². The fourth-order valence-corrected chi connectivity index (χ4v) is 2.92. The Labute approximate surface area is 156 Å². The van der Waals surface area contributed by atoms with Gasteiger partial charge < -0.3 is 0 Å². The van der Waals surface area contributed by atoms with Gasteiger partial charge in [0.25, 0.3) is 5.91 Å². The van der Waals surface area contributed by atoms with E-state index in [4.69, 9.17) is 5.84 Å². The number of Topliss-reactive ketones (excluding diaryl/α,β-unsaturated/α-hetero) is 1. The molecule has 1 amide bonds. The van der Waals surface area contributed by atoms with E-state index in [9.17, 15) is 14.5 Å². The lowest BCUT2D eigenvalue weighted by atomic mass is 9.86. The highest BCUT2D eigenvalue weighted by molar-refractivity contribution is 6.04. The maximum Gasteiger partial charge on any atom is 0.290 e. The minimum absolute atomic E-state index is 0.0628. The number of pyridine rings is 1. The topological polar surface area (TPSA) is 106 Å². The summed E-state index contributed by atoms with van der Waals surface area (Å²) in [5.74, 6) is 4.56. The van der Waals surface area contributed by atoms with E-state index in [1.54, 1.807) is 36.7 Å².